The maximum atomic E-state index is 13.2. The summed E-state index contributed by atoms with van der Waals surface area (Å²) in [4.78, 5) is 3.26. The molecule has 3 aromatic rings. The van der Waals surface area contributed by atoms with Crippen molar-refractivity contribution in [1.82, 2.24) is 4.98 Å². The van der Waals surface area contributed by atoms with E-state index in [1.165, 1.54) is 12.1 Å². The summed E-state index contributed by atoms with van der Waals surface area (Å²) < 4.78 is 36.8. The van der Waals surface area contributed by atoms with Gasteiger partial charge in [-0.3, -0.25) is 0 Å². The van der Waals surface area contributed by atoms with Crippen LogP contribution in [0.3, 0.4) is 0 Å². The van der Waals surface area contributed by atoms with Crippen LogP contribution in [0.4, 0.5) is 4.39 Å². The molecule has 0 bridgehead atoms. The van der Waals surface area contributed by atoms with Gasteiger partial charge in [0.1, 0.15) is 5.82 Å². The number of sulfone groups is 1. The SMILES string of the molecule is CS(=O)(=O)c1ccc(-c2c[nH]c3cc(F)ccc23)cc1CN. The normalized spacial score (nSPS) is 12.0. The van der Waals surface area contributed by atoms with Crippen LogP contribution in [0.2, 0.25) is 0 Å². The Kier molecular flexibility index (Phi) is 3.50. The zero-order valence-electron chi connectivity index (χ0n) is 11.9. The average molecular weight is 318 g/mol. The molecule has 0 amide bonds. The van der Waals surface area contributed by atoms with Crippen molar-refractivity contribution in [3.8, 4) is 11.1 Å². The fourth-order valence-corrected chi connectivity index (χ4v) is 3.54. The number of halogens is 1. The summed E-state index contributed by atoms with van der Waals surface area (Å²) in [6, 6.07) is 9.59. The fourth-order valence-electron chi connectivity index (χ4n) is 2.61. The van der Waals surface area contributed by atoms with Gasteiger partial charge in [-0.1, -0.05) is 6.07 Å². The van der Waals surface area contributed by atoms with Crippen molar-refractivity contribution in [3.05, 3.63) is 54.0 Å². The Morgan fingerprint density at radius 1 is 1.18 bits per heavy atom. The van der Waals surface area contributed by atoms with Crippen LogP contribution < -0.4 is 5.73 Å². The highest BCUT2D eigenvalue weighted by atomic mass is 32.2. The van der Waals surface area contributed by atoms with E-state index in [-0.39, 0.29) is 17.3 Å². The number of H-pyrrole nitrogens is 1. The first kappa shape index (κ1) is 14.7. The van der Waals surface area contributed by atoms with Crippen molar-refractivity contribution in [1.29, 1.82) is 0 Å². The molecule has 0 saturated heterocycles. The van der Waals surface area contributed by atoms with E-state index in [0.717, 1.165) is 22.8 Å². The van der Waals surface area contributed by atoms with Crippen LogP contribution in [0.15, 0.2) is 47.5 Å². The molecule has 3 N–H and O–H groups in total. The third-order valence-corrected chi connectivity index (χ3v) is 4.83. The lowest BCUT2D eigenvalue weighted by atomic mass is 10.0. The molecule has 0 atom stereocenters. The Balaban J connectivity index is 2.19. The topological polar surface area (TPSA) is 76.0 Å². The molecule has 0 aliphatic heterocycles. The molecule has 0 saturated carbocycles. The van der Waals surface area contributed by atoms with Crippen LogP contribution in [-0.2, 0) is 16.4 Å². The molecule has 1 aromatic heterocycles. The fraction of sp³-hybridized carbons (Fsp3) is 0.125. The Bertz CT molecular complexity index is 961. The molecule has 0 unspecified atom stereocenters. The Morgan fingerprint density at radius 2 is 1.95 bits per heavy atom. The van der Waals surface area contributed by atoms with E-state index in [4.69, 9.17) is 5.73 Å². The van der Waals surface area contributed by atoms with Crippen molar-refractivity contribution < 1.29 is 12.8 Å². The first-order chi connectivity index (χ1) is 10.4. The number of fused-ring (bicyclic) bond motifs is 1. The molecule has 0 spiro atoms. The number of hydrogen-bond acceptors (Lipinski definition) is 3. The van der Waals surface area contributed by atoms with Crippen molar-refractivity contribution in [3.63, 3.8) is 0 Å². The second-order valence-electron chi connectivity index (χ2n) is 5.19. The minimum absolute atomic E-state index is 0.132. The Labute approximate surface area is 127 Å². The van der Waals surface area contributed by atoms with Crippen LogP contribution >= 0.6 is 0 Å². The molecule has 4 nitrogen and oxygen atoms in total. The molecule has 2 aromatic carbocycles. The smallest absolute Gasteiger partial charge is 0.175 e. The Morgan fingerprint density at radius 3 is 2.64 bits per heavy atom. The largest absolute Gasteiger partial charge is 0.360 e. The maximum absolute atomic E-state index is 13.2. The summed E-state index contributed by atoms with van der Waals surface area (Å²) in [5.74, 6) is -0.309. The van der Waals surface area contributed by atoms with Gasteiger partial charge in [0.25, 0.3) is 0 Å². The van der Waals surface area contributed by atoms with Gasteiger partial charge in [-0.25, -0.2) is 12.8 Å². The van der Waals surface area contributed by atoms with E-state index in [1.807, 2.05) is 0 Å². The first-order valence-corrected chi connectivity index (χ1v) is 8.59. The van der Waals surface area contributed by atoms with E-state index >= 15 is 0 Å². The molecule has 1 heterocycles. The number of aromatic nitrogens is 1. The number of nitrogens with one attached hydrogen (secondary N) is 1. The maximum Gasteiger partial charge on any atom is 0.175 e. The second kappa shape index (κ2) is 5.23. The van der Waals surface area contributed by atoms with Crippen LogP contribution in [0, 0.1) is 5.82 Å². The average Bonchev–Trinajstić information content (AvgIpc) is 2.88. The van der Waals surface area contributed by atoms with Gasteiger partial charge in [-0.2, -0.15) is 0 Å². The minimum atomic E-state index is -3.32. The summed E-state index contributed by atoms with van der Waals surface area (Å²) in [6.07, 6.45) is 2.94. The molecule has 0 fully saturated rings. The molecule has 0 aliphatic rings. The van der Waals surface area contributed by atoms with Crippen molar-refractivity contribution in [2.75, 3.05) is 6.26 Å². The van der Waals surface area contributed by atoms with Crippen molar-refractivity contribution in [2.45, 2.75) is 11.4 Å². The molecular formula is C16H15FN2O2S. The van der Waals surface area contributed by atoms with E-state index < -0.39 is 9.84 Å². The van der Waals surface area contributed by atoms with Gasteiger partial charge in [0.2, 0.25) is 0 Å². The molecule has 6 heteroatoms. The summed E-state index contributed by atoms with van der Waals surface area (Å²) in [7, 11) is -3.32. The highest BCUT2D eigenvalue weighted by Crippen LogP contribution is 2.31. The molecular weight excluding hydrogens is 303 g/mol. The van der Waals surface area contributed by atoms with Crippen molar-refractivity contribution in [2.24, 2.45) is 5.73 Å². The van der Waals surface area contributed by atoms with Gasteiger partial charge in [0, 0.05) is 35.5 Å². The number of hydrogen-bond donors (Lipinski definition) is 2. The molecule has 0 radical (unpaired) electrons. The molecule has 3 rings (SSSR count). The van der Waals surface area contributed by atoms with Crippen LogP contribution in [0.1, 0.15) is 5.56 Å². The quantitative estimate of drug-likeness (QED) is 0.779. The second-order valence-corrected chi connectivity index (χ2v) is 7.18. The highest BCUT2D eigenvalue weighted by molar-refractivity contribution is 7.90. The zero-order valence-corrected chi connectivity index (χ0v) is 12.7. The monoisotopic (exact) mass is 318 g/mol. The van der Waals surface area contributed by atoms with Crippen LogP contribution in [0.25, 0.3) is 22.0 Å². The zero-order chi connectivity index (χ0) is 15.9. The van der Waals surface area contributed by atoms with Crippen LogP contribution in [-0.4, -0.2) is 19.7 Å². The van der Waals surface area contributed by atoms with Crippen molar-refractivity contribution >= 4 is 20.7 Å². The van der Waals surface area contributed by atoms with E-state index in [0.29, 0.717) is 11.1 Å². The third-order valence-electron chi connectivity index (χ3n) is 3.63. The number of nitrogens with two attached hydrogens (primary N) is 1. The molecule has 22 heavy (non-hydrogen) atoms. The lowest BCUT2D eigenvalue weighted by Crippen LogP contribution is -2.06. The predicted molar refractivity (Wildman–Crippen MR) is 84.7 cm³/mol. The Hall–Kier alpha value is -2.18. The molecule has 0 aliphatic carbocycles. The number of aromatic amines is 1. The minimum Gasteiger partial charge on any atom is -0.360 e. The third kappa shape index (κ3) is 2.51. The van der Waals surface area contributed by atoms with Gasteiger partial charge < -0.3 is 10.7 Å². The summed E-state index contributed by atoms with van der Waals surface area (Å²) in [5.41, 5.74) is 8.66. The van der Waals surface area contributed by atoms with Gasteiger partial charge in [-0.15, -0.1) is 0 Å². The van der Waals surface area contributed by atoms with Gasteiger partial charge in [0.05, 0.1) is 4.90 Å². The van der Waals surface area contributed by atoms with Crippen LogP contribution in [0.5, 0.6) is 0 Å². The lowest BCUT2D eigenvalue weighted by Gasteiger charge is -2.08. The van der Waals surface area contributed by atoms with Gasteiger partial charge in [0.15, 0.2) is 9.84 Å². The lowest BCUT2D eigenvalue weighted by molar-refractivity contribution is 0.600. The van der Waals surface area contributed by atoms with E-state index in [9.17, 15) is 12.8 Å². The predicted octanol–water partition coefficient (Wildman–Crippen LogP) is 2.84. The standard InChI is InChI=1S/C16H15FN2O2S/c1-22(20,21)16-5-2-10(6-11(16)8-18)14-9-19-15-7-12(17)3-4-13(14)15/h2-7,9,19H,8,18H2,1H3. The van der Waals surface area contributed by atoms with Gasteiger partial charge in [-0.05, 0) is 41.5 Å². The van der Waals surface area contributed by atoms with E-state index in [2.05, 4.69) is 4.98 Å². The van der Waals surface area contributed by atoms with E-state index in [1.54, 1.807) is 30.5 Å². The number of benzene rings is 2. The molecule has 114 valence electrons. The summed E-state index contributed by atoms with van der Waals surface area (Å²) in [6.45, 7) is 0.132. The first-order valence-electron chi connectivity index (χ1n) is 6.70. The number of rotatable bonds is 3. The highest BCUT2D eigenvalue weighted by Gasteiger charge is 2.14. The summed E-state index contributed by atoms with van der Waals surface area (Å²) in [5, 5.41) is 0.872. The summed E-state index contributed by atoms with van der Waals surface area (Å²) >= 11 is 0. The van der Waals surface area contributed by atoms with Gasteiger partial charge >= 0.3 is 0 Å².